The maximum absolute atomic E-state index is 12.3. The first-order chi connectivity index (χ1) is 13.3. The van der Waals surface area contributed by atoms with E-state index in [9.17, 15) is 9.59 Å². The van der Waals surface area contributed by atoms with Crippen molar-refractivity contribution >= 4 is 18.1 Å². The van der Waals surface area contributed by atoms with Crippen LogP contribution in [0.4, 0.5) is 10.5 Å². The Hall–Kier alpha value is -2.82. The van der Waals surface area contributed by atoms with Crippen molar-refractivity contribution < 1.29 is 14.3 Å². The first-order valence-corrected chi connectivity index (χ1v) is 9.66. The smallest absolute Gasteiger partial charge is 0.410 e. The van der Waals surface area contributed by atoms with Crippen LogP contribution >= 0.6 is 0 Å². The molecule has 1 fully saturated rings. The second kappa shape index (κ2) is 8.05. The zero-order valence-electron chi connectivity index (χ0n) is 17.1. The minimum atomic E-state index is -0.489. The third-order valence-electron chi connectivity index (χ3n) is 4.76. The molecule has 5 heteroatoms. The number of hydrogen-bond donors (Lipinski definition) is 0. The molecular weight excluding hydrogens is 352 g/mol. The summed E-state index contributed by atoms with van der Waals surface area (Å²) < 4.78 is 5.48. The second-order valence-electron chi connectivity index (χ2n) is 8.22. The van der Waals surface area contributed by atoms with Crippen LogP contribution < -0.4 is 4.90 Å². The zero-order chi connectivity index (χ0) is 20.3. The Bertz CT molecular complexity index is 862. The molecule has 0 aliphatic carbocycles. The van der Waals surface area contributed by atoms with E-state index in [0.29, 0.717) is 18.7 Å². The highest BCUT2D eigenvalue weighted by molar-refractivity contribution is 5.86. The van der Waals surface area contributed by atoms with E-state index in [1.807, 2.05) is 45.0 Å². The maximum atomic E-state index is 12.3. The summed E-state index contributed by atoms with van der Waals surface area (Å²) in [5, 5.41) is 0. The molecule has 0 saturated carbocycles. The predicted octanol–water partition coefficient (Wildman–Crippen LogP) is 4.53. The molecule has 28 heavy (non-hydrogen) atoms. The third-order valence-corrected chi connectivity index (χ3v) is 4.76. The Labute approximate surface area is 166 Å². The quantitative estimate of drug-likeness (QED) is 0.734. The number of carbonyl (C=O) groups excluding carboxylic acids is 2. The average Bonchev–Trinajstić information content (AvgIpc) is 2.66. The van der Waals surface area contributed by atoms with Crippen molar-refractivity contribution in [2.75, 3.05) is 31.1 Å². The molecule has 0 atom stereocenters. The maximum Gasteiger partial charge on any atom is 0.410 e. The van der Waals surface area contributed by atoms with Crippen LogP contribution in [0.15, 0.2) is 42.5 Å². The lowest BCUT2D eigenvalue weighted by Crippen LogP contribution is -2.50. The zero-order valence-corrected chi connectivity index (χ0v) is 17.1. The Morgan fingerprint density at radius 1 is 1.04 bits per heavy atom. The molecule has 0 radical (unpaired) electrons. The highest BCUT2D eigenvalue weighted by Gasteiger charge is 2.26. The number of aldehydes is 1. The van der Waals surface area contributed by atoms with Crippen molar-refractivity contribution in [1.29, 1.82) is 0 Å². The highest BCUT2D eigenvalue weighted by Crippen LogP contribution is 2.33. The summed E-state index contributed by atoms with van der Waals surface area (Å²) >= 11 is 0. The number of carbonyl (C=O) groups is 2. The van der Waals surface area contributed by atoms with Crippen molar-refractivity contribution in [1.82, 2.24) is 4.90 Å². The largest absolute Gasteiger partial charge is 0.444 e. The fraction of sp³-hybridized carbons (Fsp3) is 0.391. The first-order valence-electron chi connectivity index (χ1n) is 9.66. The molecule has 2 aromatic carbocycles. The monoisotopic (exact) mass is 380 g/mol. The normalized spacial score (nSPS) is 14.7. The molecule has 0 spiro atoms. The lowest BCUT2D eigenvalue weighted by atomic mass is 9.98. The predicted molar refractivity (Wildman–Crippen MR) is 112 cm³/mol. The van der Waals surface area contributed by atoms with Gasteiger partial charge in [0.25, 0.3) is 0 Å². The van der Waals surface area contributed by atoms with Crippen molar-refractivity contribution in [3.05, 3.63) is 53.6 Å². The van der Waals surface area contributed by atoms with Gasteiger partial charge in [0, 0.05) is 43.0 Å². The lowest BCUT2D eigenvalue weighted by Gasteiger charge is -2.37. The summed E-state index contributed by atoms with van der Waals surface area (Å²) in [7, 11) is 0. The first kappa shape index (κ1) is 19.9. The minimum absolute atomic E-state index is 0.262. The Balaban J connectivity index is 1.81. The standard InChI is InChI=1S/C23H28N2O3/c1-17-6-5-7-19(14-17)20-15-18(16-26)8-9-21(20)24-10-12-25(13-11-24)22(27)28-23(2,3)4/h5-9,14-16H,10-13H2,1-4H3. The average molecular weight is 380 g/mol. The van der Waals surface area contributed by atoms with Gasteiger partial charge in [0.2, 0.25) is 0 Å². The van der Waals surface area contributed by atoms with Gasteiger partial charge in [-0.05, 0) is 51.5 Å². The van der Waals surface area contributed by atoms with Gasteiger partial charge in [-0.1, -0.05) is 29.8 Å². The molecule has 2 aromatic rings. The minimum Gasteiger partial charge on any atom is -0.444 e. The van der Waals surface area contributed by atoms with E-state index in [1.54, 1.807) is 4.90 Å². The van der Waals surface area contributed by atoms with Crippen molar-refractivity contribution in [2.45, 2.75) is 33.3 Å². The lowest BCUT2D eigenvalue weighted by molar-refractivity contribution is 0.0240. The Kier molecular flexibility index (Phi) is 5.73. The van der Waals surface area contributed by atoms with Crippen LogP contribution in [0.1, 0.15) is 36.7 Å². The third kappa shape index (κ3) is 4.71. The molecule has 1 aliphatic heterocycles. The molecule has 1 aliphatic rings. The van der Waals surface area contributed by atoms with Gasteiger partial charge in [-0.3, -0.25) is 4.79 Å². The Morgan fingerprint density at radius 3 is 2.36 bits per heavy atom. The molecular formula is C23H28N2O3. The molecule has 0 aromatic heterocycles. The SMILES string of the molecule is Cc1cccc(-c2cc(C=O)ccc2N2CCN(C(=O)OC(C)(C)C)CC2)c1. The van der Waals surface area contributed by atoms with E-state index >= 15 is 0 Å². The molecule has 1 saturated heterocycles. The van der Waals surface area contributed by atoms with Crippen LogP contribution in [0.25, 0.3) is 11.1 Å². The second-order valence-corrected chi connectivity index (χ2v) is 8.22. The molecule has 5 nitrogen and oxygen atoms in total. The van der Waals surface area contributed by atoms with Gasteiger partial charge >= 0.3 is 6.09 Å². The summed E-state index contributed by atoms with van der Waals surface area (Å²) in [6.07, 6.45) is 0.617. The van der Waals surface area contributed by atoms with E-state index in [0.717, 1.165) is 36.2 Å². The molecule has 0 unspecified atom stereocenters. The molecule has 1 amide bonds. The van der Waals surface area contributed by atoms with Gasteiger partial charge in [0.15, 0.2) is 0 Å². The van der Waals surface area contributed by atoms with E-state index in [-0.39, 0.29) is 6.09 Å². The number of anilines is 1. The van der Waals surface area contributed by atoms with Crippen LogP contribution in [0, 0.1) is 6.92 Å². The fourth-order valence-electron chi connectivity index (χ4n) is 3.40. The van der Waals surface area contributed by atoms with Crippen LogP contribution in [-0.2, 0) is 4.74 Å². The van der Waals surface area contributed by atoms with Crippen molar-refractivity contribution in [2.24, 2.45) is 0 Å². The number of piperazine rings is 1. The number of nitrogens with zero attached hydrogens (tertiary/aromatic N) is 2. The van der Waals surface area contributed by atoms with E-state index in [2.05, 4.69) is 30.0 Å². The number of aryl methyl sites for hydroxylation is 1. The van der Waals surface area contributed by atoms with E-state index < -0.39 is 5.60 Å². The summed E-state index contributed by atoms with van der Waals surface area (Å²) in [5.74, 6) is 0. The topological polar surface area (TPSA) is 49.9 Å². The number of rotatable bonds is 3. The number of benzene rings is 2. The molecule has 0 bridgehead atoms. The van der Waals surface area contributed by atoms with Gasteiger partial charge in [-0.15, -0.1) is 0 Å². The van der Waals surface area contributed by atoms with Gasteiger partial charge in [0.1, 0.15) is 11.9 Å². The molecule has 0 N–H and O–H groups in total. The number of amides is 1. The molecule has 1 heterocycles. The van der Waals surface area contributed by atoms with Gasteiger partial charge in [-0.2, -0.15) is 0 Å². The fourth-order valence-corrected chi connectivity index (χ4v) is 3.40. The van der Waals surface area contributed by atoms with Gasteiger partial charge in [0.05, 0.1) is 0 Å². The highest BCUT2D eigenvalue weighted by atomic mass is 16.6. The van der Waals surface area contributed by atoms with Crippen LogP contribution in [0.2, 0.25) is 0 Å². The Morgan fingerprint density at radius 2 is 1.75 bits per heavy atom. The number of hydrogen-bond acceptors (Lipinski definition) is 4. The summed E-state index contributed by atoms with van der Waals surface area (Å²) in [5.41, 5.74) is 4.56. The van der Waals surface area contributed by atoms with Crippen LogP contribution in [0.3, 0.4) is 0 Å². The number of ether oxygens (including phenoxy) is 1. The molecule has 3 rings (SSSR count). The van der Waals surface area contributed by atoms with E-state index in [1.165, 1.54) is 5.56 Å². The van der Waals surface area contributed by atoms with Gasteiger partial charge in [-0.25, -0.2) is 4.79 Å². The van der Waals surface area contributed by atoms with Crippen molar-refractivity contribution in [3.8, 4) is 11.1 Å². The van der Waals surface area contributed by atoms with E-state index in [4.69, 9.17) is 4.74 Å². The van der Waals surface area contributed by atoms with Crippen LogP contribution in [0.5, 0.6) is 0 Å². The summed E-state index contributed by atoms with van der Waals surface area (Å²) in [6.45, 7) is 10.4. The van der Waals surface area contributed by atoms with Crippen LogP contribution in [-0.4, -0.2) is 49.1 Å². The molecule has 148 valence electrons. The summed E-state index contributed by atoms with van der Waals surface area (Å²) in [6, 6.07) is 14.1. The van der Waals surface area contributed by atoms with Gasteiger partial charge < -0.3 is 14.5 Å². The van der Waals surface area contributed by atoms with Crippen molar-refractivity contribution in [3.63, 3.8) is 0 Å². The summed E-state index contributed by atoms with van der Waals surface area (Å²) in [4.78, 5) is 27.6.